The number of carbonyl (C=O) groups excluding carboxylic acids is 4. The van der Waals surface area contributed by atoms with E-state index in [1.54, 1.807) is 48.5 Å². The summed E-state index contributed by atoms with van der Waals surface area (Å²) in [5, 5.41) is 5.64. The van der Waals surface area contributed by atoms with Crippen LogP contribution in [-0.4, -0.2) is 30.4 Å². The van der Waals surface area contributed by atoms with Gasteiger partial charge in [0.1, 0.15) is 11.3 Å². The van der Waals surface area contributed by atoms with Crippen molar-refractivity contribution in [3.8, 4) is 5.75 Å². The lowest BCUT2D eigenvalue weighted by atomic mass is 10.1. The van der Waals surface area contributed by atoms with Crippen LogP contribution in [0.4, 0.5) is 16.2 Å². The van der Waals surface area contributed by atoms with Crippen molar-refractivity contribution in [2.75, 3.05) is 16.8 Å². The Balaban J connectivity index is 1.49. The highest BCUT2D eigenvalue weighted by atomic mass is 35.5. The molecule has 10 heteroatoms. The smallest absolute Gasteiger partial charge is 0.335 e. The Morgan fingerprint density at radius 3 is 2.46 bits per heavy atom. The Morgan fingerprint density at radius 1 is 0.971 bits per heavy atom. The Labute approximate surface area is 210 Å². The molecule has 1 heterocycles. The molecule has 0 saturated carbocycles. The van der Waals surface area contributed by atoms with Crippen LogP contribution in [0.1, 0.15) is 5.56 Å². The van der Waals surface area contributed by atoms with E-state index in [9.17, 15) is 19.2 Å². The Kier molecular flexibility index (Phi) is 7.14. The third kappa shape index (κ3) is 5.68. The maximum absolute atomic E-state index is 13.0. The fourth-order valence-corrected chi connectivity index (χ4v) is 3.55. The molecule has 5 amide bonds. The van der Waals surface area contributed by atoms with Gasteiger partial charge in [-0.2, -0.15) is 0 Å². The van der Waals surface area contributed by atoms with Gasteiger partial charge in [-0.3, -0.25) is 19.7 Å². The molecule has 0 unspecified atom stereocenters. The van der Waals surface area contributed by atoms with E-state index in [1.807, 2.05) is 0 Å². The van der Waals surface area contributed by atoms with Gasteiger partial charge in [0.15, 0.2) is 6.61 Å². The predicted octanol–water partition coefficient (Wildman–Crippen LogP) is 4.68. The van der Waals surface area contributed by atoms with Crippen molar-refractivity contribution in [1.82, 2.24) is 5.32 Å². The zero-order valence-electron chi connectivity index (χ0n) is 18.0. The number of rotatable bonds is 6. The molecule has 1 aliphatic heterocycles. The summed E-state index contributed by atoms with van der Waals surface area (Å²) in [4.78, 5) is 50.7. The number of benzene rings is 3. The molecule has 1 aliphatic rings. The summed E-state index contributed by atoms with van der Waals surface area (Å²) >= 11 is 11.9. The number of carbonyl (C=O) groups is 4. The Bertz CT molecular complexity index is 1360. The van der Waals surface area contributed by atoms with Crippen LogP contribution in [0.3, 0.4) is 0 Å². The second kappa shape index (κ2) is 10.4. The zero-order valence-corrected chi connectivity index (χ0v) is 19.5. The number of halogens is 2. The first-order valence-electron chi connectivity index (χ1n) is 10.3. The van der Waals surface area contributed by atoms with Crippen LogP contribution in [0.15, 0.2) is 78.4 Å². The van der Waals surface area contributed by atoms with E-state index in [2.05, 4.69) is 10.6 Å². The lowest BCUT2D eigenvalue weighted by Crippen LogP contribution is -2.54. The van der Waals surface area contributed by atoms with E-state index in [1.165, 1.54) is 30.3 Å². The van der Waals surface area contributed by atoms with Gasteiger partial charge in [-0.1, -0.05) is 47.5 Å². The molecular weight excluding hydrogens is 493 g/mol. The largest absolute Gasteiger partial charge is 0.484 e. The summed E-state index contributed by atoms with van der Waals surface area (Å²) in [5.74, 6) is -1.69. The molecule has 0 spiro atoms. The molecule has 0 aliphatic carbocycles. The lowest BCUT2D eigenvalue weighted by Gasteiger charge is -2.26. The van der Waals surface area contributed by atoms with E-state index in [0.717, 1.165) is 4.90 Å². The van der Waals surface area contributed by atoms with Crippen LogP contribution >= 0.6 is 23.2 Å². The van der Waals surface area contributed by atoms with E-state index in [0.29, 0.717) is 27.0 Å². The summed E-state index contributed by atoms with van der Waals surface area (Å²) in [6, 6.07) is 18.5. The van der Waals surface area contributed by atoms with Gasteiger partial charge < -0.3 is 10.1 Å². The fourth-order valence-electron chi connectivity index (χ4n) is 3.24. The second-order valence-corrected chi connectivity index (χ2v) is 8.17. The van der Waals surface area contributed by atoms with Crippen LogP contribution in [0, 0.1) is 0 Å². The van der Waals surface area contributed by atoms with Crippen molar-refractivity contribution in [2.45, 2.75) is 0 Å². The van der Waals surface area contributed by atoms with Gasteiger partial charge in [0, 0.05) is 5.02 Å². The normalized spacial score (nSPS) is 14.6. The van der Waals surface area contributed by atoms with Crippen LogP contribution in [0.25, 0.3) is 6.08 Å². The van der Waals surface area contributed by atoms with Crippen LogP contribution in [0.2, 0.25) is 10.0 Å². The average Bonchev–Trinajstić information content (AvgIpc) is 2.83. The number of anilines is 2. The van der Waals surface area contributed by atoms with Crippen molar-refractivity contribution < 1.29 is 23.9 Å². The minimum absolute atomic E-state index is 0.242. The number of nitrogens with zero attached hydrogens (tertiary/aromatic N) is 1. The van der Waals surface area contributed by atoms with Gasteiger partial charge in [-0.05, 0) is 60.2 Å². The number of imide groups is 2. The number of nitrogens with one attached hydrogen (secondary N) is 2. The molecule has 0 radical (unpaired) electrons. The number of ether oxygens (including phenoxy) is 1. The standard InChI is InChI=1S/C25H17Cl2N3O5/c26-16-8-10-17(11-9-16)30-24(33)19(23(32)29-25(30)34)13-15-4-3-5-18(12-15)35-14-22(31)28-21-7-2-1-6-20(21)27/h1-13H,14H2,(H,28,31)(H,29,32,34)/b19-13-. The molecule has 1 saturated heterocycles. The molecule has 0 bridgehead atoms. The van der Waals surface area contributed by atoms with Gasteiger partial charge in [0.05, 0.1) is 16.4 Å². The van der Waals surface area contributed by atoms with Crippen molar-refractivity contribution in [2.24, 2.45) is 0 Å². The van der Waals surface area contributed by atoms with Crippen molar-refractivity contribution in [3.63, 3.8) is 0 Å². The van der Waals surface area contributed by atoms with Crippen LogP contribution in [0.5, 0.6) is 5.75 Å². The first-order valence-corrected chi connectivity index (χ1v) is 11.0. The predicted molar refractivity (Wildman–Crippen MR) is 132 cm³/mol. The fraction of sp³-hybridized carbons (Fsp3) is 0.0400. The average molecular weight is 510 g/mol. The molecule has 3 aromatic carbocycles. The highest BCUT2D eigenvalue weighted by Crippen LogP contribution is 2.25. The molecule has 8 nitrogen and oxygen atoms in total. The molecule has 35 heavy (non-hydrogen) atoms. The van der Waals surface area contributed by atoms with E-state index < -0.39 is 23.8 Å². The molecule has 176 valence electrons. The van der Waals surface area contributed by atoms with Gasteiger partial charge in [0.25, 0.3) is 17.7 Å². The topological polar surface area (TPSA) is 105 Å². The maximum Gasteiger partial charge on any atom is 0.335 e. The summed E-state index contributed by atoms with van der Waals surface area (Å²) in [6.45, 7) is -0.288. The first kappa shape index (κ1) is 24.0. The molecule has 2 N–H and O–H groups in total. The molecule has 1 fully saturated rings. The molecule has 3 aromatic rings. The number of hydrogen-bond donors (Lipinski definition) is 2. The number of para-hydroxylation sites is 1. The third-order valence-electron chi connectivity index (χ3n) is 4.87. The molecule has 0 atom stereocenters. The van der Waals surface area contributed by atoms with Crippen LogP contribution in [-0.2, 0) is 14.4 Å². The SMILES string of the molecule is O=C(COc1cccc(/C=C2/C(=O)NC(=O)N(c3ccc(Cl)cc3)C2=O)c1)Nc1ccccc1Cl. The van der Waals surface area contributed by atoms with Gasteiger partial charge in [0.2, 0.25) is 0 Å². The van der Waals surface area contributed by atoms with E-state index in [4.69, 9.17) is 27.9 Å². The Morgan fingerprint density at radius 2 is 1.71 bits per heavy atom. The minimum Gasteiger partial charge on any atom is -0.484 e. The molecular formula is C25H17Cl2N3O5. The lowest BCUT2D eigenvalue weighted by molar-refractivity contribution is -0.122. The van der Waals surface area contributed by atoms with Gasteiger partial charge >= 0.3 is 6.03 Å². The van der Waals surface area contributed by atoms with Crippen molar-refractivity contribution in [1.29, 1.82) is 0 Å². The summed E-state index contributed by atoms with van der Waals surface area (Å²) in [5.41, 5.74) is 0.936. The summed E-state index contributed by atoms with van der Waals surface area (Å²) in [6.07, 6.45) is 1.34. The first-order chi connectivity index (χ1) is 16.8. The minimum atomic E-state index is -0.860. The molecule has 4 rings (SSSR count). The number of barbiturate groups is 1. The van der Waals surface area contributed by atoms with Crippen molar-refractivity contribution in [3.05, 3.63) is 94.0 Å². The molecule has 0 aromatic heterocycles. The highest BCUT2D eigenvalue weighted by molar-refractivity contribution is 6.39. The highest BCUT2D eigenvalue weighted by Gasteiger charge is 2.36. The van der Waals surface area contributed by atoms with Crippen molar-refractivity contribution >= 4 is 64.4 Å². The monoisotopic (exact) mass is 509 g/mol. The van der Waals surface area contributed by atoms with Crippen LogP contribution < -0.4 is 20.3 Å². The van der Waals surface area contributed by atoms with E-state index in [-0.39, 0.29) is 17.9 Å². The zero-order chi connectivity index (χ0) is 24.9. The van der Waals surface area contributed by atoms with Gasteiger partial charge in [-0.25, -0.2) is 9.69 Å². The number of urea groups is 1. The van der Waals surface area contributed by atoms with Gasteiger partial charge in [-0.15, -0.1) is 0 Å². The quantitative estimate of drug-likeness (QED) is 0.370. The van der Waals surface area contributed by atoms with E-state index >= 15 is 0 Å². The maximum atomic E-state index is 13.0. The number of hydrogen-bond acceptors (Lipinski definition) is 5. The summed E-state index contributed by atoms with van der Waals surface area (Å²) < 4.78 is 5.54. The number of amides is 5. The second-order valence-electron chi connectivity index (χ2n) is 7.32. The Hall–Kier alpha value is -4.14. The summed E-state index contributed by atoms with van der Waals surface area (Å²) in [7, 11) is 0. The third-order valence-corrected chi connectivity index (χ3v) is 5.46.